The number of aliphatic carboxylic acids is 1. The van der Waals surface area contributed by atoms with Crippen LogP contribution in [0.15, 0.2) is 11.6 Å². The van der Waals surface area contributed by atoms with Crippen molar-refractivity contribution < 1.29 is 9.90 Å². The van der Waals surface area contributed by atoms with Gasteiger partial charge >= 0.3 is 5.97 Å². The first-order valence-electron chi connectivity index (χ1n) is 5.80. The van der Waals surface area contributed by atoms with Gasteiger partial charge in [-0.1, -0.05) is 11.6 Å². The summed E-state index contributed by atoms with van der Waals surface area (Å²) >= 11 is 0. The lowest BCUT2D eigenvalue weighted by Crippen LogP contribution is -2.45. The minimum atomic E-state index is -0.708. The Balaban J connectivity index is 2.32. The molecule has 0 saturated heterocycles. The Labute approximate surface area is 90.3 Å². The van der Waals surface area contributed by atoms with E-state index in [0.29, 0.717) is 12.5 Å². The van der Waals surface area contributed by atoms with Crippen molar-refractivity contribution >= 4 is 5.97 Å². The van der Waals surface area contributed by atoms with Crippen LogP contribution in [-0.4, -0.2) is 17.6 Å². The van der Waals surface area contributed by atoms with Crippen LogP contribution in [0.2, 0.25) is 0 Å². The number of rotatable bonds is 3. The van der Waals surface area contributed by atoms with Crippen LogP contribution in [0, 0.1) is 11.3 Å². The lowest BCUT2D eigenvalue weighted by molar-refractivity contribution is -0.140. The van der Waals surface area contributed by atoms with E-state index in [1.54, 1.807) is 0 Å². The van der Waals surface area contributed by atoms with Crippen LogP contribution >= 0.6 is 0 Å². The van der Waals surface area contributed by atoms with Crippen LogP contribution in [-0.2, 0) is 4.79 Å². The van der Waals surface area contributed by atoms with E-state index in [-0.39, 0.29) is 11.8 Å². The Kier molecular flexibility index (Phi) is 2.83. The van der Waals surface area contributed by atoms with Gasteiger partial charge in [0, 0.05) is 12.0 Å². The molecule has 2 aliphatic rings. The van der Waals surface area contributed by atoms with Crippen molar-refractivity contribution in [1.29, 1.82) is 0 Å². The number of carbonyl (C=O) groups is 1. The van der Waals surface area contributed by atoms with Gasteiger partial charge in [-0.2, -0.15) is 0 Å². The first-order valence-corrected chi connectivity index (χ1v) is 5.80. The topological polar surface area (TPSA) is 63.3 Å². The van der Waals surface area contributed by atoms with Gasteiger partial charge in [-0.05, 0) is 38.0 Å². The fourth-order valence-corrected chi connectivity index (χ4v) is 3.41. The Morgan fingerprint density at radius 1 is 1.60 bits per heavy atom. The van der Waals surface area contributed by atoms with Crippen LogP contribution in [0.25, 0.3) is 0 Å². The Morgan fingerprint density at radius 3 is 3.00 bits per heavy atom. The van der Waals surface area contributed by atoms with Crippen LogP contribution in [0.3, 0.4) is 0 Å². The number of carboxylic acids is 1. The molecule has 0 radical (unpaired) electrons. The average Bonchev–Trinajstić information content (AvgIpc) is 2.15. The Hall–Kier alpha value is -0.830. The van der Waals surface area contributed by atoms with Crippen LogP contribution in [0.1, 0.15) is 38.5 Å². The second-order valence-corrected chi connectivity index (χ2v) is 4.83. The highest BCUT2D eigenvalue weighted by molar-refractivity contribution is 5.69. The summed E-state index contributed by atoms with van der Waals surface area (Å²) in [6, 6.07) is 0. The molecule has 2 bridgehead atoms. The number of carboxylic acid groups (broad SMARTS) is 1. The molecular weight excluding hydrogens is 190 g/mol. The summed E-state index contributed by atoms with van der Waals surface area (Å²) in [6.45, 7) is 0.496. The van der Waals surface area contributed by atoms with Gasteiger partial charge in [0.1, 0.15) is 0 Å². The number of fused-ring (bicyclic) bond motifs is 2. The summed E-state index contributed by atoms with van der Waals surface area (Å²) in [6.07, 6.45) is 8.11. The highest BCUT2D eigenvalue weighted by atomic mass is 16.4. The highest BCUT2D eigenvalue weighted by Crippen LogP contribution is 2.51. The predicted octanol–water partition coefficient (Wildman–Crippen LogP) is 1.93. The third-order valence-corrected chi connectivity index (χ3v) is 4.16. The Morgan fingerprint density at radius 2 is 2.40 bits per heavy atom. The quantitative estimate of drug-likeness (QED) is 0.698. The van der Waals surface area contributed by atoms with Crippen LogP contribution in [0.5, 0.6) is 0 Å². The van der Waals surface area contributed by atoms with E-state index in [4.69, 9.17) is 10.8 Å². The molecule has 0 spiro atoms. The maximum absolute atomic E-state index is 11.0. The zero-order chi connectivity index (χ0) is 10.9. The molecule has 1 fully saturated rings. The smallest absolute Gasteiger partial charge is 0.304 e. The summed E-state index contributed by atoms with van der Waals surface area (Å²) in [5.74, 6) is -0.201. The third kappa shape index (κ3) is 1.69. The minimum Gasteiger partial charge on any atom is -0.481 e. The lowest BCUT2D eigenvalue weighted by Gasteiger charge is -2.47. The van der Waals surface area contributed by atoms with E-state index in [1.165, 1.54) is 12.0 Å². The van der Waals surface area contributed by atoms with Gasteiger partial charge in [0.15, 0.2) is 0 Å². The second-order valence-electron chi connectivity index (χ2n) is 4.83. The number of allylic oxidation sites excluding steroid dienone is 1. The van der Waals surface area contributed by atoms with Gasteiger partial charge in [-0.25, -0.2) is 0 Å². The van der Waals surface area contributed by atoms with Gasteiger partial charge in [-0.3, -0.25) is 4.79 Å². The van der Waals surface area contributed by atoms with Crippen molar-refractivity contribution in [3.8, 4) is 0 Å². The average molecular weight is 209 g/mol. The predicted molar refractivity (Wildman–Crippen MR) is 58.4 cm³/mol. The zero-order valence-electron chi connectivity index (χ0n) is 9.04. The molecule has 0 heterocycles. The van der Waals surface area contributed by atoms with Crippen molar-refractivity contribution in [2.75, 3.05) is 6.54 Å². The molecule has 0 amide bonds. The molecule has 0 aromatic rings. The molecule has 0 aliphatic heterocycles. The molecule has 15 heavy (non-hydrogen) atoms. The van der Waals surface area contributed by atoms with Crippen molar-refractivity contribution in [2.45, 2.75) is 38.5 Å². The molecule has 1 unspecified atom stereocenters. The van der Waals surface area contributed by atoms with E-state index >= 15 is 0 Å². The molecule has 2 aliphatic carbocycles. The first kappa shape index (κ1) is 10.7. The maximum Gasteiger partial charge on any atom is 0.304 e. The van der Waals surface area contributed by atoms with Gasteiger partial charge < -0.3 is 10.8 Å². The van der Waals surface area contributed by atoms with Crippen molar-refractivity contribution in [3.05, 3.63) is 11.6 Å². The number of hydrogen-bond donors (Lipinski definition) is 2. The molecule has 0 aromatic carbocycles. The first-order chi connectivity index (χ1) is 7.19. The molecule has 3 nitrogen and oxygen atoms in total. The minimum absolute atomic E-state index is 0.206. The zero-order valence-corrected chi connectivity index (χ0v) is 9.04. The molecule has 84 valence electrons. The second kappa shape index (κ2) is 3.97. The fraction of sp³-hybridized carbons (Fsp3) is 0.750. The standard InChI is InChI=1S/C12H19NO2/c13-8-12(7-11(14)15)9-3-1-4-10(12)6-2-5-9/h3,10H,1-2,4-8,13H2,(H,14,15)/t10-,12?/m1/s1. The lowest BCUT2D eigenvalue weighted by atomic mass is 9.57. The molecule has 3 heteroatoms. The van der Waals surface area contributed by atoms with E-state index in [1.807, 2.05) is 0 Å². The molecule has 0 aromatic heterocycles. The van der Waals surface area contributed by atoms with E-state index < -0.39 is 5.97 Å². The monoisotopic (exact) mass is 209 g/mol. The molecule has 3 N–H and O–H groups in total. The molecule has 2 rings (SSSR count). The number of nitrogens with two attached hydrogens (primary N) is 1. The molecule has 1 saturated carbocycles. The normalized spacial score (nSPS) is 34.7. The van der Waals surface area contributed by atoms with Gasteiger partial charge in [-0.15, -0.1) is 0 Å². The van der Waals surface area contributed by atoms with Crippen LogP contribution < -0.4 is 5.73 Å². The Bertz CT molecular complexity index is 298. The van der Waals surface area contributed by atoms with Crippen molar-refractivity contribution in [2.24, 2.45) is 17.1 Å². The fourth-order valence-electron chi connectivity index (χ4n) is 3.41. The number of hydrogen-bond acceptors (Lipinski definition) is 2. The van der Waals surface area contributed by atoms with Gasteiger partial charge in [0.05, 0.1) is 6.42 Å². The van der Waals surface area contributed by atoms with Crippen molar-refractivity contribution in [1.82, 2.24) is 0 Å². The largest absolute Gasteiger partial charge is 0.481 e. The summed E-state index contributed by atoms with van der Waals surface area (Å²) in [7, 11) is 0. The maximum atomic E-state index is 11.0. The summed E-state index contributed by atoms with van der Waals surface area (Å²) in [4.78, 5) is 11.0. The highest BCUT2D eigenvalue weighted by Gasteiger charge is 2.45. The van der Waals surface area contributed by atoms with E-state index in [2.05, 4.69) is 6.08 Å². The summed E-state index contributed by atoms with van der Waals surface area (Å²) in [5.41, 5.74) is 7.00. The summed E-state index contributed by atoms with van der Waals surface area (Å²) in [5, 5.41) is 9.03. The van der Waals surface area contributed by atoms with E-state index in [9.17, 15) is 4.79 Å². The molecule has 2 atom stereocenters. The summed E-state index contributed by atoms with van der Waals surface area (Å²) < 4.78 is 0. The van der Waals surface area contributed by atoms with Crippen LogP contribution in [0.4, 0.5) is 0 Å². The van der Waals surface area contributed by atoms with Gasteiger partial charge in [0.2, 0.25) is 0 Å². The van der Waals surface area contributed by atoms with Gasteiger partial charge in [0.25, 0.3) is 0 Å². The molecular formula is C12H19NO2. The third-order valence-electron chi connectivity index (χ3n) is 4.16. The van der Waals surface area contributed by atoms with E-state index in [0.717, 1.165) is 25.7 Å². The van der Waals surface area contributed by atoms with Crippen molar-refractivity contribution in [3.63, 3.8) is 0 Å². The SMILES string of the molecule is NCC1(CC(=O)O)C2=CCC[C@@H]1CCC2.